The van der Waals surface area contributed by atoms with E-state index in [1.165, 1.54) is 16.7 Å². The summed E-state index contributed by atoms with van der Waals surface area (Å²) >= 11 is 1.68. The summed E-state index contributed by atoms with van der Waals surface area (Å²) in [6, 6.07) is 8.36. The number of hydrogen-bond donors (Lipinski definition) is 0. The predicted octanol–water partition coefficient (Wildman–Crippen LogP) is 4.23. The fraction of sp³-hybridized carbons (Fsp3) is 0.154. The van der Waals surface area contributed by atoms with Crippen molar-refractivity contribution in [2.45, 2.75) is 13.8 Å². The fourth-order valence-electron chi connectivity index (χ4n) is 1.49. The molecule has 76 valence electrons. The average molecular weight is 215 g/mol. The van der Waals surface area contributed by atoms with Crippen LogP contribution in [-0.4, -0.2) is 4.98 Å². The van der Waals surface area contributed by atoms with Crippen molar-refractivity contribution < 1.29 is 0 Å². The molecule has 1 nitrogen and oxygen atoms in total. The Labute approximate surface area is 94.1 Å². The van der Waals surface area contributed by atoms with Crippen molar-refractivity contribution in [3.05, 3.63) is 47.0 Å². The maximum atomic E-state index is 4.34. The second kappa shape index (κ2) is 4.41. The molecule has 0 fully saturated rings. The molecule has 0 amide bonds. The molecule has 2 rings (SSSR count). The number of aromatic nitrogens is 1. The standard InChI is InChI=1S/C13H13NS/c1-10(2)9-11-5-3-4-6-12(11)13-14-7-8-15-13/h3-9H,1-2H3. The van der Waals surface area contributed by atoms with Crippen molar-refractivity contribution in [1.82, 2.24) is 4.98 Å². The minimum Gasteiger partial charge on any atom is -0.245 e. The van der Waals surface area contributed by atoms with Gasteiger partial charge in [0.05, 0.1) is 0 Å². The third kappa shape index (κ3) is 2.34. The number of thiazole rings is 1. The summed E-state index contributed by atoms with van der Waals surface area (Å²) < 4.78 is 0. The molecular weight excluding hydrogens is 202 g/mol. The lowest BCUT2D eigenvalue weighted by atomic mass is 10.1. The Morgan fingerprint density at radius 2 is 2.07 bits per heavy atom. The molecule has 0 spiro atoms. The SMILES string of the molecule is CC(C)=Cc1ccccc1-c1nccs1. The van der Waals surface area contributed by atoms with Gasteiger partial charge in [-0.3, -0.25) is 0 Å². The monoisotopic (exact) mass is 215 g/mol. The van der Waals surface area contributed by atoms with Gasteiger partial charge in [0.15, 0.2) is 0 Å². The molecule has 1 aromatic heterocycles. The molecule has 0 bridgehead atoms. The summed E-state index contributed by atoms with van der Waals surface area (Å²) in [4.78, 5) is 4.34. The van der Waals surface area contributed by atoms with Crippen molar-refractivity contribution in [2.24, 2.45) is 0 Å². The summed E-state index contributed by atoms with van der Waals surface area (Å²) in [6.07, 6.45) is 4.04. The molecule has 1 heterocycles. The zero-order valence-electron chi connectivity index (χ0n) is 8.90. The first-order chi connectivity index (χ1) is 7.27. The van der Waals surface area contributed by atoms with Gasteiger partial charge in [0, 0.05) is 17.1 Å². The zero-order chi connectivity index (χ0) is 10.7. The highest BCUT2D eigenvalue weighted by Gasteiger charge is 2.03. The van der Waals surface area contributed by atoms with Crippen LogP contribution in [0.2, 0.25) is 0 Å². The van der Waals surface area contributed by atoms with Gasteiger partial charge in [0.25, 0.3) is 0 Å². The Balaban J connectivity index is 2.52. The molecule has 2 heteroatoms. The molecule has 15 heavy (non-hydrogen) atoms. The van der Waals surface area contributed by atoms with Crippen LogP contribution in [0.4, 0.5) is 0 Å². The highest BCUT2D eigenvalue weighted by atomic mass is 32.1. The van der Waals surface area contributed by atoms with Crippen LogP contribution < -0.4 is 0 Å². The molecule has 0 atom stereocenters. The van der Waals surface area contributed by atoms with E-state index in [-0.39, 0.29) is 0 Å². The molecule has 0 saturated heterocycles. The first-order valence-electron chi connectivity index (χ1n) is 4.91. The molecular formula is C13H13NS. The largest absolute Gasteiger partial charge is 0.245 e. The van der Waals surface area contributed by atoms with Gasteiger partial charge in [0.1, 0.15) is 5.01 Å². The topological polar surface area (TPSA) is 12.9 Å². The second-order valence-corrected chi connectivity index (χ2v) is 4.54. The normalized spacial score (nSPS) is 10.0. The number of allylic oxidation sites excluding steroid dienone is 1. The summed E-state index contributed by atoms with van der Waals surface area (Å²) in [5, 5.41) is 3.09. The number of benzene rings is 1. The van der Waals surface area contributed by atoms with Crippen LogP contribution in [0.3, 0.4) is 0 Å². The lowest BCUT2D eigenvalue weighted by molar-refractivity contribution is 1.39. The van der Waals surface area contributed by atoms with E-state index in [0.29, 0.717) is 0 Å². The van der Waals surface area contributed by atoms with Crippen LogP contribution in [0.15, 0.2) is 41.4 Å². The molecule has 0 unspecified atom stereocenters. The van der Waals surface area contributed by atoms with Crippen molar-refractivity contribution in [3.8, 4) is 10.6 Å². The molecule has 0 aliphatic carbocycles. The summed E-state index contributed by atoms with van der Waals surface area (Å²) in [5.74, 6) is 0. The van der Waals surface area contributed by atoms with Gasteiger partial charge in [0.2, 0.25) is 0 Å². The Hall–Kier alpha value is -1.41. The third-order valence-electron chi connectivity index (χ3n) is 2.07. The molecule has 2 aromatic rings. The first-order valence-corrected chi connectivity index (χ1v) is 5.79. The van der Waals surface area contributed by atoms with Gasteiger partial charge in [-0.05, 0) is 19.4 Å². The van der Waals surface area contributed by atoms with E-state index in [0.717, 1.165) is 5.01 Å². The van der Waals surface area contributed by atoms with Crippen LogP contribution in [-0.2, 0) is 0 Å². The molecule has 0 saturated carbocycles. The van der Waals surface area contributed by atoms with Crippen molar-refractivity contribution in [1.29, 1.82) is 0 Å². The van der Waals surface area contributed by atoms with E-state index >= 15 is 0 Å². The van der Waals surface area contributed by atoms with E-state index in [4.69, 9.17) is 0 Å². The molecule has 0 aliphatic rings. The van der Waals surface area contributed by atoms with Crippen molar-refractivity contribution in [3.63, 3.8) is 0 Å². The van der Waals surface area contributed by atoms with Crippen LogP contribution in [0.25, 0.3) is 16.6 Å². The lowest BCUT2D eigenvalue weighted by Crippen LogP contribution is -1.81. The lowest BCUT2D eigenvalue weighted by Gasteiger charge is -2.02. The molecule has 0 aliphatic heterocycles. The van der Waals surface area contributed by atoms with E-state index in [1.54, 1.807) is 11.3 Å². The Kier molecular flexibility index (Phi) is 2.97. The van der Waals surface area contributed by atoms with Crippen LogP contribution in [0.1, 0.15) is 19.4 Å². The number of hydrogen-bond acceptors (Lipinski definition) is 2. The minimum absolute atomic E-state index is 1.09. The van der Waals surface area contributed by atoms with Crippen LogP contribution >= 0.6 is 11.3 Å². The van der Waals surface area contributed by atoms with Gasteiger partial charge < -0.3 is 0 Å². The predicted molar refractivity (Wildman–Crippen MR) is 66.9 cm³/mol. The van der Waals surface area contributed by atoms with Crippen molar-refractivity contribution in [2.75, 3.05) is 0 Å². The molecule has 0 N–H and O–H groups in total. The van der Waals surface area contributed by atoms with Gasteiger partial charge in [-0.1, -0.05) is 35.9 Å². The summed E-state index contributed by atoms with van der Waals surface area (Å²) in [7, 11) is 0. The number of nitrogens with zero attached hydrogens (tertiary/aromatic N) is 1. The van der Waals surface area contributed by atoms with E-state index in [9.17, 15) is 0 Å². The average Bonchev–Trinajstić information content (AvgIpc) is 2.70. The second-order valence-electron chi connectivity index (χ2n) is 3.65. The van der Waals surface area contributed by atoms with Crippen molar-refractivity contribution >= 4 is 17.4 Å². The number of rotatable bonds is 2. The minimum atomic E-state index is 1.09. The van der Waals surface area contributed by atoms with Crippen LogP contribution in [0, 0.1) is 0 Å². The third-order valence-corrected chi connectivity index (χ3v) is 2.87. The quantitative estimate of drug-likeness (QED) is 0.730. The molecule has 0 radical (unpaired) electrons. The summed E-state index contributed by atoms with van der Waals surface area (Å²) in [5.41, 5.74) is 3.76. The Morgan fingerprint density at radius 3 is 2.73 bits per heavy atom. The maximum Gasteiger partial charge on any atom is 0.123 e. The van der Waals surface area contributed by atoms with Gasteiger partial charge in [-0.25, -0.2) is 4.98 Å². The highest BCUT2D eigenvalue weighted by Crippen LogP contribution is 2.26. The fourth-order valence-corrected chi connectivity index (χ4v) is 2.17. The Bertz CT molecular complexity index is 465. The van der Waals surface area contributed by atoms with E-state index in [1.807, 2.05) is 11.6 Å². The van der Waals surface area contributed by atoms with Gasteiger partial charge >= 0.3 is 0 Å². The van der Waals surface area contributed by atoms with Gasteiger partial charge in [-0.2, -0.15) is 0 Å². The Morgan fingerprint density at radius 1 is 1.27 bits per heavy atom. The smallest absolute Gasteiger partial charge is 0.123 e. The summed E-state index contributed by atoms with van der Waals surface area (Å²) in [6.45, 7) is 4.22. The van der Waals surface area contributed by atoms with Crippen LogP contribution in [0.5, 0.6) is 0 Å². The van der Waals surface area contributed by atoms with E-state index in [2.05, 4.69) is 49.2 Å². The molecule has 1 aromatic carbocycles. The van der Waals surface area contributed by atoms with E-state index < -0.39 is 0 Å². The maximum absolute atomic E-state index is 4.34. The zero-order valence-corrected chi connectivity index (χ0v) is 9.71. The van der Waals surface area contributed by atoms with Gasteiger partial charge in [-0.15, -0.1) is 11.3 Å². The first kappa shape index (κ1) is 10.1. The highest BCUT2D eigenvalue weighted by molar-refractivity contribution is 7.13.